The normalized spacial score (nSPS) is 15.0. The Labute approximate surface area is 165 Å². The number of amides is 1. The highest BCUT2D eigenvalue weighted by Gasteiger charge is 2.27. The van der Waals surface area contributed by atoms with Crippen LogP contribution in [0.5, 0.6) is 0 Å². The van der Waals surface area contributed by atoms with E-state index in [1.807, 2.05) is 12.1 Å². The largest absolute Gasteiger partial charge is 0.325 e. The van der Waals surface area contributed by atoms with Gasteiger partial charge >= 0.3 is 0 Å². The minimum absolute atomic E-state index is 0.135. The van der Waals surface area contributed by atoms with Gasteiger partial charge in [-0.15, -0.1) is 11.8 Å². The maximum absolute atomic E-state index is 12.6. The molecule has 0 bridgehead atoms. The summed E-state index contributed by atoms with van der Waals surface area (Å²) in [5.41, 5.74) is 2.94. The van der Waals surface area contributed by atoms with Gasteiger partial charge in [0.1, 0.15) is 0 Å². The third-order valence-electron chi connectivity index (χ3n) is 4.57. The van der Waals surface area contributed by atoms with Gasteiger partial charge in [-0.1, -0.05) is 30.3 Å². The summed E-state index contributed by atoms with van der Waals surface area (Å²) in [4.78, 5) is 12.4. The van der Waals surface area contributed by atoms with Crippen LogP contribution in [0.1, 0.15) is 24.0 Å². The molecule has 0 saturated carbocycles. The first kappa shape index (κ1) is 19.9. The van der Waals surface area contributed by atoms with Crippen molar-refractivity contribution in [1.82, 2.24) is 4.31 Å². The molecule has 3 rings (SSSR count). The van der Waals surface area contributed by atoms with Crippen LogP contribution in [0.25, 0.3) is 0 Å². The number of sulfonamides is 1. The van der Waals surface area contributed by atoms with Crippen LogP contribution in [0.4, 0.5) is 5.69 Å². The van der Waals surface area contributed by atoms with Crippen molar-refractivity contribution in [2.75, 3.05) is 24.2 Å². The van der Waals surface area contributed by atoms with Gasteiger partial charge < -0.3 is 5.32 Å². The van der Waals surface area contributed by atoms with Gasteiger partial charge in [0, 0.05) is 24.5 Å². The molecule has 0 spiro atoms. The minimum Gasteiger partial charge on any atom is -0.325 e. The second-order valence-electron chi connectivity index (χ2n) is 6.61. The summed E-state index contributed by atoms with van der Waals surface area (Å²) in [7, 11) is -3.48. The van der Waals surface area contributed by atoms with Crippen LogP contribution in [-0.4, -0.2) is 37.5 Å². The third-order valence-corrected chi connectivity index (χ3v) is 7.45. The highest BCUT2D eigenvalue weighted by atomic mass is 32.2. The summed E-state index contributed by atoms with van der Waals surface area (Å²) >= 11 is 1.54. The molecule has 7 heteroatoms. The molecule has 0 aromatic heterocycles. The zero-order valence-corrected chi connectivity index (χ0v) is 17.0. The lowest BCUT2D eigenvalue weighted by atomic mass is 10.1. The molecule has 0 unspecified atom stereocenters. The average molecular weight is 405 g/mol. The maximum atomic E-state index is 12.6. The average Bonchev–Trinajstić information content (AvgIpc) is 3.19. The van der Waals surface area contributed by atoms with Crippen LogP contribution < -0.4 is 5.32 Å². The van der Waals surface area contributed by atoms with E-state index in [0.29, 0.717) is 24.5 Å². The predicted molar refractivity (Wildman–Crippen MR) is 110 cm³/mol. The number of carbonyl (C=O) groups is 1. The van der Waals surface area contributed by atoms with Gasteiger partial charge in [-0.05, 0) is 49.1 Å². The molecule has 1 N–H and O–H groups in total. The number of nitrogens with zero attached hydrogens (tertiary/aromatic N) is 1. The second kappa shape index (κ2) is 8.91. The molecule has 1 aliphatic heterocycles. The smallest absolute Gasteiger partial charge is 0.243 e. The fraction of sp³-hybridized carbons (Fsp3) is 0.350. The van der Waals surface area contributed by atoms with E-state index in [0.717, 1.165) is 18.6 Å². The predicted octanol–water partition coefficient (Wildman–Crippen LogP) is 3.65. The van der Waals surface area contributed by atoms with Gasteiger partial charge in [0.2, 0.25) is 15.9 Å². The zero-order valence-electron chi connectivity index (χ0n) is 15.3. The topological polar surface area (TPSA) is 66.5 Å². The maximum Gasteiger partial charge on any atom is 0.243 e. The van der Waals surface area contributed by atoms with Gasteiger partial charge in [-0.25, -0.2) is 8.42 Å². The van der Waals surface area contributed by atoms with Gasteiger partial charge in [0.15, 0.2) is 0 Å². The van der Waals surface area contributed by atoms with Crippen molar-refractivity contribution in [3.8, 4) is 0 Å². The van der Waals surface area contributed by atoms with Crippen molar-refractivity contribution < 1.29 is 13.2 Å². The molecule has 1 saturated heterocycles. The van der Waals surface area contributed by atoms with E-state index in [-0.39, 0.29) is 10.8 Å². The molecule has 144 valence electrons. The van der Waals surface area contributed by atoms with E-state index in [4.69, 9.17) is 0 Å². The Balaban J connectivity index is 1.57. The fourth-order valence-corrected chi connectivity index (χ4v) is 5.50. The van der Waals surface area contributed by atoms with Crippen molar-refractivity contribution in [2.45, 2.75) is 30.4 Å². The quantitative estimate of drug-likeness (QED) is 0.765. The lowest BCUT2D eigenvalue weighted by Crippen LogP contribution is -2.28. The number of rotatable bonds is 7. The highest BCUT2D eigenvalue weighted by molar-refractivity contribution is 7.99. The SMILES string of the molecule is Cc1ccccc1CSCC(=O)Nc1cccc(S(=O)(=O)N2CCCC2)c1. The van der Waals surface area contributed by atoms with Crippen molar-refractivity contribution in [1.29, 1.82) is 0 Å². The fourth-order valence-electron chi connectivity index (χ4n) is 3.03. The van der Waals surface area contributed by atoms with Crippen molar-refractivity contribution in [3.63, 3.8) is 0 Å². The molecule has 1 fully saturated rings. The van der Waals surface area contributed by atoms with Gasteiger partial charge in [0.05, 0.1) is 10.6 Å². The number of aryl methyl sites for hydroxylation is 1. The number of nitrogens with one attached hydrogen (secondary N) is 1. The monoisotopic (exact) mass is 404 g/mol. The molecule has 1 amide bonds. The molecule has 0 aliphatic carbocycles. The van der Waals surface area contributed by atoms with Gasteiger partial charge in [-0.3, -0.25) is 4.79 Å². The standard InChI is InChI=1S/C20H24N2O3S2/c1-16-7-2-3-8-17(16)14-26-15-20(23)21-18-9-6-10-19(13-18)27(24,25)22-11-4-5-12-22/h2-3,6-10,13H,4-5,11-12,14-15H2,1H3,(H,21,23). The molecule has 27 heavy (non-hydrogen) atoms. The van der Waals surface area contributed by atoms with Crippen LogP contribution in [0.15, 0.2) is 53.4 Å². The molecule has 2 aromatic carbocycles. The Morgan fingerprint density at radius 1 is 1.11 bits per heavy atom. The third kappa shape index (κ3) is 5.12. The minimum atomic E-state index is -3.48. The summed E-state index contributed by atoms with van der Waals surface area (Å²) in [6.45, 7) is 3.19. The Morgan fingerprint density at radius 2 is 1.85 bits per heavy atom. The Bertz CT molecular complexity index is 907. The summed E-state index contributed by atoms with van der Waals surface area (Å²) in [6, 6.07) is 14.6. The Hall–Kier alpha value is -1.83. The zero-order chi connectivity index (χ0) is 19.3. The molecule has 0 radical (unpaired) electrons. The molecule has 0 atom stereocenters. The summed E-state index contributed by atoms with van der Waals surface area (Å²) in [5, 5.41) is 2.80. The number of thioether (sulfide) groups is 1. The second-order valence-corrected chi connectivity index (χ2v) is 9.53. The van der Waals surface area contributed by atoms with Crippen LogP contribution in [0.3, 0.4) is 0 Å². The number of hydrogen-bond acceptors (Lipinski definition) is 4. The van der Waals surface area contributed by atoms with E-state index in [2.05, 4.69) is 24.4 Å². The lowest BCUT2D eigenvalue weighted by molar-refractivity contribution is -0.113. The number of carbonyl (C=O) groups excluding carboxylic acids is 1. The van der Waals surface area contributed by atoms with Crippen LogP contribution in [-0.2, 0) is 20.6 Å². The number of anilines is 1. The molecule has 1 aliphatic rings. The lowest BCUT2D eigenvalue weighted by Gasteiger charge is -2.16. The van der Waals surface area contributed by atoms with E-state index in [1.54, 1.807) is 18.2 Å². The molecular formula is C20H24N2O3S2. The van der Waals surface area contributed by atoms with Gasteiger partial charge in [0.25, 0.3) is 0 Å². The van der Waals surface area contributed by atoms with E-state index < -0.39 is 10.0 Å². The first-order valence-corrected chi connectivity index (χ1v) is 11.6. The van der Waals surface area contributed by atoms with Crippen LogP contribution in [0.2, 0.25) is 0 Å². The molecule has 1 heterocycles. The molecule has 5 nitrogen and oxygen atoms in total. The number of hydrogen-bond donors (Lipinski definition) is 1. The first-order chi connectivity index (χ1) is 13.0. The van der Waals surface area contributed by atoms with E-state index >= 15 is 0 Å². The molecule has 2 aromatic rings. The van der Waals surface area contributed by atoms with Crippen LogP contribution >= 0.6 is 11.8 Å². The summed E-state index contributed by atoms with van der Waals surface area (Å²) < 4.78 is 26.8. The van der Waals surface area contributed by atoms with Crippen molar-refractivity contribution >= 4 is 33.4 Å². The van der Waals surface area contributed by atoms with Crippen LogP contribution in [0, 0.1) is 6.92 Å². The summed E-state index contributed by atoms with van der Waals surface area (Å²) in [5.74, 6) is 0.949. The van der Waals surface area contributed by atoms with Crippen molar-refractivity contribution in [3.05, 3.63) is 59.7 Å². The van der Waals surface area contributed by atoms with E-state index in [1.165, 1.54) is 33.3 Å². The Kier molecular flexibility index (Phi) is 6.57. The van der Waals surface area contributed by atoms with Crippen molar-refractivity contribution in [2.24, 2.45) is 0 Å². The first-order valence-electron chi connectivity index (χ1n) is 8.99. The summed E-state index contributed by atoms with van der Waals surface area (Å²) in [6.07, 6.45) is 1.79. The van der Waals surface area contributed by atoms with Gasteiger partial charge in [-0.2, -0.15) is 4.31 Å². The number of benzene rings is 2. The highest BCUT2D eigenvalue weighted by Crippen LogP contribution is 2.23. The molecular weight excluding hydrogens is 380 g/mol. The Morgan fingerprint density at radius 3 is 2.59 bits per heavy atom. The van der Waals surface area contributed by atoms with E-state index in [9.17, 15) is 13.2 Å².